The highest BCUT2D eigenvalue weighted by molar-refractivity contribution is 7.09. The van der Waals surface area contributed by atoms with Gasteiger partial charge in [-0.15, -0.1) is 11.3 Å². The van der Waals surface area contributed by atoms with Crippen LogP contribution in [0, 0.1) is 0 Å². The maximum absolute atomic E-state index is 12.7. The van der Waals surface area contributed by atoms with Crippen LogP contribution in [0.25, 0.3) is 0 Å². The fraction of sp³-hybridized carbons (Fsp3) is 0.375. The number of aromatic nitrogens is 1. The lowest BCUT2D eigenvalue weighted by Gasteiger charge is -2.28. The van der Waals surface area contributed by atoms with Gasteiger partial charge >= 0.3 is 0 Å². The van der Waals surface area contributed by atoms with E-state index in [4.69, 9.17) is 10.5 Å². The Balaban J connectivity index is 2.24. The summed E-state index contributed by atoms with van der Waals surface area (Å²) in [7, 11) is 1.64. The van der Waals surface area contributed by atoms with E-state index in [0.717, 1.165) is 16.3 Å². The Morgan fingerprint density at radius 1 is 1.50 bits per heavy atom. The number of thiazole rings is 1. The summed E-state index contributed by atoms with van der Waals surface area (Å²) >= 11 is 1.42. The number of rotatable bonds is 6. The third kappa shape index (κ3) is 3.45. The van der Waals surface area contributed by atoms with E-state index in [0.29, 0.717) is 18.8 Å². The average molecular weight is 319 g/mol. The van der Waals surface area contributed by atoms with E-state index >= 15 is 0 Å². The number of carbonyl (C=O) groups excluding carboxylic acids is 1. The van der Waals surface area contributed by atoms with Crippen LogP contribution in [0.1, 0.15) is 40.9 Å². The van der Waals surface area contributed by atoms with Crippen LogP contribution in [0.5, 0.6) is 5.75 Å². The summed E-state index contributed by atoms with van der Waals surface area (Å²) in [6, 6.07) is 7.71. The topological polar surface area (TPSA) is 68.5 Å². The molecule has 22 heavy (non-hydrogen) atoms. The summed E-state index contributed by atoms with van der Waals surface area (Å²) in [5, 5.41) is 2.54. The highest BCUT2D eigenvalue weighted by Crippen LogP contribution is 2.25. The van der Waals surface area contributed by atoms with Gasteiger partial charge in [-0.3, -0.25) is 4.79 Å². The van der Waals surface area contributed by atoms with E-state index in [1.165, 1.54) is 11.3 Å². The summed E-state index contributed by atoms with van der Waals surface area (Å²) < 4.78 is 5.25. The molecular formula is C16H21N3O2S. The summed E-state index contributed by atoms with van der Waals surface area (Å²) in [6.45, 7) is 4.93. The van der Waals surface area contributed by atoms with Gasteiger partial charge in [-0.2, -0.15) is 0 Å². The van der Waals surface area contributed by atoms with Crippen molar-refractivity contribution in [2.75, 3.05) is 13.7 Å². The first kappa shape index (κ1) is 16.5. The number of methoxy groups -OCH3 is 1. The van der Waals surface area contributed by atoms with Crippen molar-refractivity contribution in [3.63, 3.8) is 0 Å². The predicted molar refractivity (Wildman–Crippen MR) is 88.1 cm³/mol. The van der Waals surface area contributed by atoms with E-state index < -0.39 is 0 Å². The Hall–Kier alpha value is -1.92. The van der Waals surface area contributed by atoms with Crippen molar-refractivity contribution in [1.82, 2.24) is 9.88 Å². The van der Waals surface area contributed by atoms with Crippen LogP contribution in [0.15, 0.2) is 29.6 Å². The van der Waals surface area contributed by atoms with Crippen LogP contribution in [0.3, 0.4) is 0 Å². The molecule has 1 aromatic carbocycles. The summed E-state index contributed by atoms with van der Waals surface area (Å²) in [6.07, 6.45) is 0. The molecule has 5 nitrogen and oxygen atoms in total. The zero-order chi connectivity index (χ0) is 16.1. The van der Waals surface area contributed by atoms with Gasteiger partial charge in [0.05, 0.1) is 13.2 Å². The normalized spacial score (nSPS) is 12.0. The molecule has 1 unspecified atom stereocenters. The molecule has 1 heterocycles. The Kier molecular flexibility index (Phi) is 5.51. The van der Waals surface area contributed by atoms with Crippen molar-refractivity contribution in [2.45, 2.75) is 26.4 Å². The van der Waals surface area contributed by atoms with Gasteiger partial charge in [0.25, 0.3) is 5.91 Å². The Morgan fingerprint density at radius 3 is 2.86 bits per heavy atom. The minimum Gasteiger partial charge on any atom is -0.497 e. The van der Waals surface area contributed by atoms with Crippen LogP contribution in [-0.2, 0) is 6.54 Å². The molecule has 2 N–H and O–H groups in total. The number of nitrogens with two attached hydrogens (primary N) is 1. The third-order valence-corrected chi connectivity index (χ3v) is 4.46. The Labute approximate surface area is 134 Å². The number of hydrogen-bond acceptors (Lipinski definition) is 5. The predicted octanol–water partition coefficient (Wildman–Crippen LogP) is 2.83. The van der Waals surface area contributed by atoms with Gasteiger partial charge in [-0.05, 0) is 31.5 Å². The van der Waals surface area contributed by atoms with E-state index in [-0.39, 0.29) is 11.9 Å². The maximum Gasteiger partial charge on any atom is 0.273 e. The van der Waals surface area contributed by atoms with Crippen molar-refractivity contribution in [3.8, 4) is 5.75 Å². The molecule has 0 aliphatic heterocycles. The molecule has 1 amide bonds. The molecule has 2 aromatic rings. The molecule has 1 aromatic heterocycles. The standard InChI is InChI=1S/C16H21N3O2S/c1-4-19(16(20)14-10-22-15(9-17)18-14)11(2)12-6-5-7-13(8-12)21-3/h5-8,10-11H,4,9,17H2,1-3H3. The molecule has 0 spiro atoms. The van der Waals surface area contributed by atoms with Gasteiger partial charge in [-0.1, -0.05) is 12.1 Å². The van der Waals surface area contributed by atoms with E-state index in [9.17, 15) is 4.79 Å². The summed E-state index contributed by atoms with van der Waals surface area (Å²) in [5.74, 6) is 0.709. The molecule has 0 radical (unpaired) electrons. The number of benzene rings is 1. The van der Waals surface area contributed by atoms with Crippen molar-refractivity contribution >= 4 is 17.2 Å². The summed E-state index contributed by atoms with van der Waals surface area (Å²) in [5.41, 5.74) is 7.06. The highest BCUT2D eigenvalue weighted by atomic mass is 32.1. The molecular weight excluding hydrogens is 298 g/mol. The molecule has 0 aliphatic rings. The Bertz CT molecular complexity index is 642. The largest absolute Gasteiger partial charge is 0.497 e. The first-order valence-electron chi connectivity index (χ1n) is 7.20. The Morgan fingerprint density at radius 2 is 2.27 bits per heavy atom. The van der Waals surface area contributed by atoms with Gasteiger partial charge in [0.2, 0.25) is 0 Å². The van der Waals surface area contributed by atoms with Crippen molar-refractivity contribution in [3.05, 3.63) is 45.9 Å². The number of amides is 1. The molecule has 0 fully saturated rings. The average Bonchev–Trinajstić information content (AvgIpc) is 3.04. The van der Waals surface area contributed by atoms with Gasteiger partial charge in [0, 0.05) is 18.5 Å². The fourth-order valence-electron chi connectivity index (χ4n) is 2.32. The lowest BCUT2D eigenvalue weighted by Crippen LogP contribution is -2.33. The molecule has 0 saturated carbocycles. The van der Waals surface area contributed by atoms with Gasteiger partial charge in [0.1, 0.15) is 16.5 Å². The van der Waals surface area contributed by atoms with Crippen molar-refractivity contribution in [1.29, 1.82) is 0 Å². The second-order valence-corrected chi connectivity index (χ2v) is 5.82. The minimum atomic E-state index is -0.0752. The maximum atomic E-state index is 12.7. The zero-order valence-corrected chi connectivity index (χ0v) is 13.9. The first-order chi connectivity index (χ1) is 10.6. The highest BCUT2D eigenvalue weighted by Gasteiger charge is 2.23. The monoisotopic (exact) mass is 319 g/mol. The van der Waals surface area contributed by atoms with Crippen LogP contribution in [-0.4, -0.2) is 29.4 Å². The van der Waals surface area contributed by atoms with Crippen LogP contribution in [0.2, 0.25) is 0 Å². The quantitative estimate of drug-likeness (QED) is 0.889. The number of carbonyl (C=O) groups is 1. The van der Waals surface area contributed by atoms with Crippen LogP contribution >= 0.6 is 11.3 Å². The second-order valence-electron chi connectivity index (χ2n) is 4.87. The van der Waals surface area contributed by atoms with E-state index in [1.807, 2.05) is 38.1 Å². The fourth-order valence-corrected chi connectivity index (χ4v) is 2.97. The van der Waals surface area contributed by atoms with Crippen LogP contribution in [0.4, 0.5) is 0 Å². The summed E-state index contributed by atoms with van der Waals surface area (Å²) in [4.78, 5) is 18.8. The number of hydrogen-bond donors (Lipinski definition) is 1. The zero-order valence-electron chi connectivity index (χ0n) is 13.1. The smallest absolute Gasteiger partial charge is 0.273 e. The van der Waals surface area contributed by atoms with Gasteiger partial charge < -0.3 is 15.4 Å². The van der Waals surface area contributed by atoms with Crippen molar-refractivity contribution < 1.29 is 9.53 Å². The van der Waals surface area contributed by atoms with Gasteiger partial charge in [0.15, 0.2) is 0 Å². The molecule has 1 atom stereocenters. The number of ether oxygens (including phenoxy) is 1. The molecule has 2 rings (SSSR count). The molecule has 0 aliphatic carbocycles. The minimum absolute atomic E-state index is 0.0596. The SMILES string of the molecule is CCN(C(=O)c1csc(CN)n1)C(C)c1cccc(OC)c1. The van der Waals surface area contributed by atoms with Gasteiger partial charge in [-0.25, -0.2) is 4.98 Å². The lowest BCUT2D eigenvalue weighted by molar-refractivity contribution is 0.0696. The van der Waals surface area contributed by atoms with Crippen LogP contribution < -0.4 is 10.5 Å². The van der Waals surface area contributed by atoms with Crippen molar-refractivity contribution in [2.24, 2.45) is 5.73 Å². The molecule has 0 saturated heterocycles. The second kappa shape index (κ2) is 7.38. The molecule has 0 bridgehead atoms. The third-order valence-electron chi connectivity index (χ3n) is 3.59. The van der Waals surface area contributed by atoms with E-state index in [2.05, 4.69) is 4.98 Å². The first-order valence-corrected chi connectivity index (χ1v) is 8.08. The molecule has 6 heteroatoms. The number of nitrogens with zero attached hydrogens (tertiary/aromatic N) is 2. The molecule has 118 valence electrons. The van der Waals surface area contributed by atoms with E-state index in [1.54, 1.807) is 17.4 Å². The lowest BCUT2D eigenvalue weighted by atomic mass is 10.1.